The molecule has 2 N–H and O–H groups in total. The van der Waals surface area contributed by atoms with Crippen molar-refractivity contribution in [3.8, 4) is 0 Å². The minimum atomic E-state index is -0.569. The first-order valence-corrected chi connectivity index (χ1v) is 7.73. The molecular formula is C17H24N2O3. The zero-order chi connectivity index (χ0) is 16.3. The third-order valence-electron chi connectivity index (χ3n) is 4.22. The fourth-order valence-corrected chi connectivity index (χ4v) is 2.78. The van der Waals surface area contributed by atoms with E-state index < -0.39 is 12.1 Å². The first-order valence-electron chi connectivity index (χ1n) is 7.73. The summed E-state index contributed by atoms with van der Waals surface area (Å²) in [6.07, 6.45) is 0.400. The van der Waals surface area contributed by atoms with Crippen molar-refractivity contribution in [3.05, 3.63) is 35.4 Å². The van der Waals surface area contributed by atoms with Crippen molar-refractivity contribution in [3.63, 3.8) is 0 Å². The fourth-order valence-electron chi connectivity index (χ4n) is 2.78. The van der Waals surface area contributed by atoms with E-state index in [0.29, 0.717) is 18.7 Å². The van der Waals surface area contributed by atoms with Gasteiger partial charge in [0.05, 0.1) is 6.10 Å². The summed E-state index contributed by atoms with van der Waals surface area (Å²) < 4.78 is 0. The van der Waals surface area contributed by atoms with E-state index >= 15 is 0 Å². The number of carbonyl (C=O) groups is 2. The summed E-state index contributed by atoms with van der Waals surface area (Å²) in [7, 11) is 0. The van der Waals surface area contributed by atoms with Crippen LogP contribution >= 0.6 is 0 Å². The molecule has 5 heteroatoms. The molecule has 0 spiro atoms. The average molecular weight is 304 g/mol. The fraction of sp³-hybridized carbons (Fsp3) is 0.529. The van der Waals surface area contributed by atoms with Gasteiger partial charge in [-0.25, -0.2) is 0 Å². The normalized spacial score (nSPS) is 20.5. The molecule has 1 saturated heterocycles. The number of nitrogens with one attached hydrogen (secondary N) is 1. The molecule has 0 aliphatic carbocycles. The third-order valence-corrected chi connectivity index (χ3v) is 4.22. The molecule has 0 radical (unpaired) electrons. The molecular weight excluding hydrogens is 280 g/mol. The lowest BCUT2D eigenvalue weighted by Crippen LogP contribution is -2.46. The van der Waals surface area contributed by atoms with E-state index in [1.54, 1.807) is 30.9 Å². The van der Waals surface area contributed by atoms with Gasteiger partial charge in [-0.3, -0.25) is 9.59 Å². The van der Waals surface area contributed by atoms with Crippen LogP contribution in [0.4, 0.5) is 0 Å². The van der Waals surface area contributed by atoms with E-state index in [-0.39, 0.29) is 17.7 Å². The highest BCUT2D eigenvalue weighted by molar-refractivity contribution is 5.97. The molecule has 0 saturated carbocycles. The van der Waals surface area contributed by atoms with Crippen LogP contribution in [0, 0.1) is 12.8 Å². The number of aryl methyl sites for hydroxylation is 1. The van der Waals surface area contributed by atoms with E-state index in [1.165, 1.54) is 0 Å². The monoisotopic (exact) mass is 304 g/mol. The number of aliphatic hydroxyl groups excluding tert-OH is 1. The molecule has 1 aromatic carbocycles. The Bertz CT molecular complexity index is 557. The van der Waals surface area contributed by atoms with Crippen LogP contribution < -0.4 is 5.32 Å². The van der Waals surface area contributed by atoms with Gasteiger partial charge in [0.2, 0.25) is 5.91 Å². The minimum Gasteiger partial charge on any atom is -0.393 e. The van der Waals surface area contributed by atoms with E-state index in [4.69, 9.17) is 0 Å². The molecule has 1 aliphatic rings. The summed E-state index contributed by atoms with van der Waals surface area (Å²) in [6.45, 7) is 6.57. The van der Waals surface area contributed by atoms with Gasteiger partial charge in [0.1, 0.15) is 6.04 Å². The van der Waals surface area contributed by atoms with Crippen LogP contribution in [-0.2, 0) is 4.79 Å². The first kappa shape index (κ1) is 16.5. The van der Waals surface area contributed by atoms with Gasteiger partial charge in [0, 0.05) is 24.6 Å². The summed E-state index contributed by atoms with van der Waals surface area (Å²) in [5, 5.41) is 12.4. The smallest absolute Gasteiger partial charge is 0.251 e. The van der Waals surface area contributed by atoms with Crippen molar-refractivity contribution >= 4 is 11.8 Å². The van der Waals surface area contributed by atoms with E-state index in [9.17, 15) is 14.7 Å². The lowest BCUT2D eigenvalue weighted by Gasteiger charge is -2.22. The van der Waals surface area contributed by atoms with Crippen molar-refractivity contribution < 1.29 is 14.7 Å². The standard InChI is InChI=1S/C17H24N2O3/c1-11-5-4-6-14(9-11)16(21)18-12(2)17(22)19-8-7-15(10-19)13(3)20/h4-6,9,12-13,15,20H,7-8,10H2,1-3H3,(H,18,21). The van der Waals surface area contributed by atoms with Crippen molar-refractivity contribution in [2.45, 2.75) is 39.3 Å². The number of hydrogen-bond donors (Lipinski definition) is 2. The predicted octanol–water partition coefficient (Wildman–Crippen LogP) is 1.34. The second-order valence-corrected chi connectivity index (χ2v) is 6.14. The zero-order valence-corrected chi connectivity index (χ0v) is 13.4. The molecule has 0 aromatic heterocycles. The molecule has 2 rings (SSSR count). The molecule has 1 aliphatic heterocycles. The van der Waals surface area contributed by atoms with Crippen LogP contribution in [0.5, 0.6) is 0 Å². The highest BCUT2D eigenvalue weighted by atomic mass is 16.3. The van der Waals surface area contributed by atoms with Crippen molar-refractivity contribution in [1.82, 2.24) is 10.2 Å². The van der Waals surface area contributed by atoms with Crippen LogP contribution in [0.3, 0.4) is 0 Å². The van der Waals surface area contributed by atoms with Gasteiger partial charge in [-0.15, -0.1) is 0 Å². The van der Waals surface area contributed by atoms with Gasteiger partial charge in [-0.1, -0.05) is 17.7 Å². The molecule has 3 unspecified atom stereocenters. The SMILES string of the molecule is Cc1cccc(C(=O)NC(C)C(=O)N2CCC(C(C)O)C2)c1. The number of benzene rings is 1. The van der Waals surface area contributed by atoms with Gasteiger partial charge >= 0.3 is 0 Å². The van der Waals surface area contributed by atoms with Crippen molar-refractivity contribution in [2.24, 2.45) is 5.92 Å². The summed E-state index contributed by atoms with van der Waals surface area (Å²) in [5.74, 6) is -0.205. The number of amides is 2. The Morgan fingerprint density at radius 2 is 2.09 bits per heavy atom. The Morgan fingerprint density at radius 3 is 2.68 bits per heavy atom. The maximum absolute atomic E-state index is 12.4. The number of rotatable bonds is 4. The van der Waals surface area contributed by atoms with Gasteiger partial charge in [-0.05, 0) is 39.3 Å². The van der Waals surface area contributed by atoms with Crippen LogP contribution in [0.15, 0.2) is 24.3 Å². The topological polar surface area (TPSA) is 69.6 Å². The maximum atomic E-state index is 12.4. The summed E-state index contributed by atoms with van der Waals surface area (Å²) in [5.41, 5.74) is 1.56. The lowest BCUT2D eigenvalue weighted by atomic mass is 10.0. The summed E-state index contributed by atoms with van der Waals surface area (Å²) in [4.78, 5) is 26.3. The Labute approximate surface area is 131 Å². The second-order valence-electron chi connectivity index (χ2n) is 6.14. The highest BCUT2D eigenvalue weighted by Crippen LogP contribution is 2.20. The molecule has 5 nitrogen and oxygen atoms in total. The van der Waals surface area contributed by atoms with Crippen LogP contribution in [-0.4, -0.2) is 47.1 Å². The predicted molar refractivity (Wildman–Crippen MR) is 84.5 cm³/mol. The summed E-state index contributed by atoms with van der Waals surface area (Å²) in [6, 6.07) is 6.71. The Morgan fingerprint density at radius 1 is 1.36 bits per heavy atom. The Kier molecular flexibility index (Phi) is 5.19. The van der Waals surface area contributed by atoms with E-state index in [1.807, 2.05) is 19.1 Å². The Hall–Kier alpha value is -1.88. The molecule has 3 atom stereocenters. The quantitative estimate of drug-likeness (QED) is 0.882. The van der Waals surface area contributed by atoms with Gasteiger partial charge in [0.25, 0.3) is 5.91 Å². The van der Waals surface area contributed by atoms with Gasteiger partial charge in [0.15, 0.2) is 0 Å². The average Bonchev–Trinajstić information content (AvgIpc) is 2.96. The minimum absolute atomic E-state index is 0.0934. The van der Waals surface area contributed by atoms with Gasteiger partial charge in [-0.2, -0.15) is 0 Å². The van der Waals surface area contributed by atoms with E-state index in [0.717, 1.165) is 12.0 Å². The molecule has 2 amide bonds. The lowest BCUT2D eigenvalue weighted by molar-refractivity contribution is -0.132. The number of hydrogen-bond acceptors (Lipinski definition) is 3. The van der Waals surface area contributed by atoms with Crippen LogP contribution in [0.1, 0.15) is 36.2 Å². The number of likely N-dealkylation sites (tertiary alicyclic amines) is 1. The molecule has 0 bridgehead atoms. The summed E-state index contributed by atoms with van der Waals surface area (Å²) >= 11 is 0. The zero-order valence-electron chi connectivity index (χ0n) is 13.4. The van der Waals surface area contributed by atoms with Crippen molar-refractivity contribution in [1.29, 1.82) is 0 Å². The Balaban J connectivity index is 1.93. The molecule has 1 heterocycles. The molecule has 1 aromatic rings. The van der Waals surface area contributed by atoms with Crippen LogP contribution in [0.25, 0.3) is 0 Å². The maximum Gasteiger partial charge on any atom is 0.251 e. The number of aliphatic hydroxyl groups is 1. The highest BCUT2D eigenvalue weighted by Gasteiger charge is 2.31. The molecule has 1 fully saturated rings. The van der Waals surface area contributed by atoms with Crippen LogP contribution in [0.2, 0.25) is 0 Å². The van der Waals surface area contributed by atoms with Gasteiger partial charge < -0.3 is 15.3 Å². The second kappa shape index (κ2) is 6.92. The molecule has 120 valence electrons. The number of nitrogens with zero attached hydrogens (tertiary/aromatic N) is 1. The number of carbonyl (C=O) groups excluding carboxylic acids is 2. The third kappa shape index (κ3) is 3.85. The largest absolute Gasteiger partial charge is 0.393 e. The van der Waals surface area contributed by atoms with Crippen molar-refractivity contribution in [2.75, 3.05) is 13.1 Å². The first-order chi connectivity index (χ1) is 10.4. The van der Waals surface area contributed by atoms with E-state index in [2.05, 4.69) is 5.32 Å². The molecule has 22 heavy (non-hydrogen) atoms.